The second-order valence-electron chi connectivity index (χ2n) is 8.13. The normalized spacial score (nSPS) is 24.1. The molecular formula is C20H31N3O6S. The fourth-order valence-corrected chi connectivity index (χ4v) is 5.32. The van der Waals surface area contributed by atoms with Crippen molar-refractivity contribution in [3.05, 3.63) is 30.3 Å². The number of aliphatic hydroxyl groups is 1. The number of sulfonamides is 1. The van der Waals surface area contributed by atoms with E-state index in [-0.39, 0.29) is 23.4 Å². The SMILES string of the molecule is CC(C)C[C@H](NC(=O)O)C(=O)N[C@@H]1CC[C@H](C)N(S(=O)(=O)c2ccccc2)C[C@@H]1O. The van der Waals surface area contributed by atoms with Gasteiger partial charge in [-0.1, -0.05) is 32.0 Å². The number of aliphatic hydroxyl groups excluding tert-OH is 1. The summed E-state index contributed by atoms with van der Waals surface area (Å²) in [6, 6.07) is 6.03. The van der Waals surface area contributed by atoms with E-state index < -0.39 is 40.2 Å². The van der Waals surface area contributed by atoms with Gasteiger partial charge in [0.1, 0.15) is 6.04 Å². The maximum absolute atomic E-state index is 13.0. The predicted octanol–water partition coefficient (Wildman–Crippen LogP) is 1.39. The monoisotopic (exact) mass is 441 g/mol. The van der Waals surface area contributed by atoms with Crippen LogP contribution in [-0.4, -0.2) is 65.7 Å². The molecule has 1 aromatic carbocycles. The van der Waals surface area contributed by atoms with Crippen LogP contribution in [-0.2, 0) is 14.8 Å². The van der Waals surface area contributed by atoms with Gasteiger partial charge in [-0.2, -0.15) is 4.31 Å². The highest BCUT2D eigenvalue weighted by Crippen LogP contribution is 2.25. The Morgan fingerprint density at radius 3 is 2.40 bits per heavy atom. The Morgan fingerprint density at radius 1 is 1.20 bits per heavy atom. The quantitative estimate of drug-likeness (QED) is 0.505. The van der Waals surface area contributed by atoms with Gasteiger partial charge >= 0.3 is 6.09 Å². The molecule has 10 heteroatoms. The van der Waals surface area contributed by atoms with Crippen LogP contribution in [0.2, 0.25) is 0 Å². The number of carboxylic acid groups (broad SMARTS) is 1. The molecule has 1 aliphatic heterocycles. The number of hydrogen-bond acceptors (Lipinski definition) is 5. The Hall–Kier alpha value is -2.17. The molecule has 9 nitrogen and oxygen atoms in total. The van der Waals surface area contributed by atoms with Gasteiger partial charge in [-0.05, 0) is 44.2 Å². The molecule has 30 heavy (non-hydrogen) atoms. The third-order valence-electron chi connectivity index (χ3n) is 5.22. The molecule has 0 saturated carbocycles. The average Bonchev–Trinajstić information content (AvgIpc) is 2.81. The number of nitrogens with zero attached hydrogens (tertiary/aromatic N) is 1. The molecule has 0 aromatic heterocycles. The van der Waals surface area contributed by atoms with Crippen LogP contribution in [0.5, 0.6) is 0 Å². The van der Waals surface area contributed by atoms with Crippen LogP contribution in [0.1, 0.15) is 40.0 Å². The number of amides is 2. The van der Waals surface area contributed by atoms with Crippen molar-refractivity contribution in [3.63, 3.8) is 0 Å². The zero-order valence-electron chi connectivity index (χ0n) is 17.5. The summed E-state index contributed by atoms with van der Waals surface area (Å²) in [6.45, 7) is 5.35. The summed E-state index contributed by atoms with van der Waals surface area (Å²) in [5.74, 6) is -0.444. The van der Waals surface area contributed by atoms with E-state index in [9.17, 15) is 23.1 Å². The topological polar surface area (TPSA) is 136 Å². The first-order valence-corrected chi connectivity index (χ1v) is 11.5. The number of β-amino-alcohol motifs (C(OH)–C–C–N with tert-alkyl or cyclic N) is 1. The minimum Gasteiger partial charge on any atom is -0.465 e. The Labute approximate surface area is 177 Å². The summed E-state index contributed by atoms with van der Waals surface area (Å²) in [5.41, 5.74) is 0. The molecule has 0 spiro atoms. The molecule has 0 radical (unpaired) electrons. The first-order valence-electron chi connectivity index (χ1n) is 10.1. The number of nitrogens with one attached hydrogen (secondary N) is 2. The van der Waals surface area contributed by atoms with Gasteiger partial charge in [0.15, 0.2) is 0 Å². The van der Waals surface area contributed by atoms with E-state index in [0.717, 1.165) is 0 Å². The third-order valence-corrected chi connectivity index (χ3v) is 7.21. The summed E-state index contributed by atoms with van der Waals surface area (Å²) in [6.07, 6.45) is -1.30. The number of rotatable bonds is 7. The zero-order valence-corrected chi connectivity index (χ0v) is 18.3. The smallest absolute Gasteiger partial charge is 0.405 e. The van der Waals surface area contributed by atoms with Crippen LogP contribution in [0.4, 0.5) is 4.79 Å². The summed E-state index contributed by atoms with van der Waals surface area (Å²) in [4.78, 5) is 23.8. The largest absolute Gasteiger partial charge is 0.465 e. The van der Waals surface area contributed by atoms with E-state index in [1.54, 1.807) is 25.1 Å². The predicted molar refractivity (Wildman–Crippen MR) is 111 cm³/mol. The van der Waals surface area contributed by atoms with Crippen molar-refractivity contribution in [1.82, 2.24) is 14.9 Å². The summed E-state index contributed by atoms with van der Waals surface area (Å²) >= 11 is 0. The molecule has 1 saturated heterocycles. The second-order valence-corrected chi connectivity index (χ2v) is 10.0. The third kappa shape index (κ3) is 6.16. The van der Waals surface area contributed by atoms with E-state index >= 15 is 0 Å². The Balaban J connectivity index is 2.14. The molecule has 0 aliphatic carbocycles. The molecule has 4 atom stereocenters. The minimum atomic E-state index is -3.80. The first-order chi connectivity index (χ1) is 14.0. The lowest BCUT2D eigenvalue weighted by Crippen LogP contribution is -2.53. The van der Waals surface area contributed by atoms with Crippen LogP contribution >= 0.6 is 0 Å². The van der Waals surface area contributed by atoms with Gasteiger partial charge in [0.2, 0.25) is 15.9 Å². The molecule has 2 amide bonds. The summed E-state index contributed by atoms with van der Waals surface area (Å²) < 4.78 is 27.3. The zero-order chi connectivity index (χ0) is 22.5. The second kappa shape index (κ2) is 10.2. The average molecular weight is 442 g/mol. The molecule has 1 fully saturated rings. The molecule has 168 valence electrons. The van der Waals surface area contributed by atoms with E-state index in [4.69, 9.17) is 5.11 Å². The number of benzene rings is 1. The van der Waals surface area contributed by atoms with Crippen molar-refractivity contribution in [1.29, 1.82) is 0 Å². The lowest BCUT2D eigenvalue weighted by atomic mass is 10.0. The number of carbonyl (C=O) groups excluding carboxylic acids is 1. The lowest BCUT2D eigenvalue weighted by molar-refractivity contribution is -0.125. The molecule has 2 rings (SSSR count). The first kappa shape index (κ1) is 24.1. The van der Waals surface area contributed by atoms with E-state index in [1.807, 2.05) is 13.8 Å². The molecule has 1 aliphatic rings. The van der Waals surface area contributed by atoms with Gasteiger partial charge in [0.25, 0.3) is 0 Å². The fourth-order valence-electron chi connectivity index (χ4n) is 3.62. The maximum atomic E-state index is 13.0. The van der Waals surface area contributed by atoms with E-state index in [2.05, 4.69) is 10.6 Å². The van der Waals surface area contributed by atoms with Gasteiger partial charge in [0, 0.05) is 12.6 Å². The van der Waals surface area contributed by atoms with Crippen LogP contribution in [0.25, 0.3) is 0 Å². The van der Waals surface area contributed by atoms with Crippen molar-refractivity contribution in [2.45, 2.75) is 69.2 Å². The molecule has 1 heterocycles. The lowest BCUT2D eigenvalue weighted by Gasteiger charge is -2.28. The van der Waals surface area contributed by atoms with Gasteiger partial charge in [-0.25, -0.2) is 13.2 Å². The van der Waals surface area contributed by atoms with Crippen LogP contribution in [0, 0.1) is 5.92 Å². The standard InChI is InChI=1S/C20H31N3O6S/c1-13(2)11-17(22-20(26)27)19(25)21-16-10-9-14(3)23(12-18(16)24)30(28,29)15-7-5-4-6-8-15/h4-8,13-14,16-18,22,24H,9-12H2,1-3H3,(H,21,25)(H,26,27)/t14-,16+,17-,18-/m0/s1. The van der Waals surface area contributed by atoms with Crippen molar-refractivity contribution in [2.75, 3.05) is 6.54 Å². The van der Waals surface area contributed by atoms with Crippen LogP contribution in [0.15, 0.2) is 35.2 Å². The van der Waals surface area contributed by atoms with Crippen molar-refractivity contribution in [3.8, 4) is 0 Å². The van der Waals surface area contributed by atoms with E-state index in [0.29, 0.717) is 19.3 Å². The molecule has 0 bridgehead atoms. The van der Waals surface area contributed by atoms with Crippen molar-refractivity contribution < 1.29 is 28.2 Å². The Kier molecular flexibility index (Phi) is 8.22. The molecule has 4 N–H and O–H groups in total. The highest BCUT2D eigenvalue weighted by molar-refractivity contribution is 7.89. The Morgan fingerprint density at radius 2 is 1.83 bits per heavy atom. The van der Waals surface area contributed by atoms with Gasteiger partial charge in [0.05, 0.1) is 17.0 Å². The molecule has 0 unspecified atom stereocenters. The van der Waals surface area contributed by atoms with Crippen LogP contribution in [0.3, 0.4) is 0 Å². The Bertz CT molecular complexity index is 830. The number of carbonyl (C=O) groups is 2. The van der Waals surface area contributed by atoms with Gasteiger partial charge < -0.3 is 20.8 Å². The highest BCUT2D eigenvalue weighted by Gasteiger charge is 2.37. The fraction of sp³-hybridized carbons (Fsp3) is 0.600. The molecular weight excluding hydrogens is 410 g/mol. The number of hydrogen-bond donors (Lipinski definition) is 4. The van der Waals surface area contributed by atoms with Crippen molar-refractivity contribution in [2.24, 2.45) is 5.92 Å². The van der Waals surface area contributed by atoms with E-state index in [1.165, 1.54) is 16.4 Å². The molecule has 1 aromatic rings. The van der Waals surface area contributed by atoms with Crippen LogP contribution < -0.4 is 10.6 Å². The van der Waals surface area contributed by atoms with Gasteiger partial charge in [-0.15, -0.1) is 0 Å². The summed E-state index contributed by atoms with van der Waals surface area (Å²) in [5, 5.41) is 24.6. The minimum absolute atomic E-state index is 0.0817. The maximum Gasteiger partial charge on any atom is 0.405 e. The van der Waals surface area contributed by atoms with Crippen molar-refractivity contribution >= 4 is 22.0 Å². The summed E-state index contributed by atoms with van der Waals surface area (Å²) in [7, 11) is -3.80. The highest BCUT2D eigenvalue weighted by atomic mass is 32.2. The van der Waals surface area contributed by atoms with Gasteiger partial charge in [-0.3, -0.25) is 4.79 Å².